The fraction of sp³-hybridized carbons (Fsp3) is 0.467. The summed E-state index contributed by atoms with van der Waals surface area (Å²) in [6.45, 7) is 4.04. The monoisotopic (exact) mass is 327 g/mol. The molecule has 1 atom stereocenters. The quantitative estimate of drug-likeness (QED) is 0.879. The Hall–Kier alpha value is -1.79. The van der Waals surface area contributed by atoms with Crippen molar-refractivity contribution < 1.29 is 14.0 Å². The molecule has 22 heavy (non-hydrogen) atoms. The van der Waals surface area contributed by atoms with Crippen molar-refractivity contribution in [1.29, 1.82) is 0 Å². The highest BCUT2D eigenvalue weighted by molar-refractivity contribution is 5.85. The Morgan fingerprint density at radius 3 is 2.45 bits per heavy atom. The van der Waals surface area contributed by atoms with E-state index in [4.69, 9.17) is 14.0 Å². The van der Waals surface area contributed by atoms with E-state index in [1.54, 1.807) is 14.2 Å². The lowest BCUT2D eigenvalue weighted by molar-refractivity contribution is 0.354. The summed E-state index contributed by atoms with van der Waals surface area (Å²) in [6, 6.07) is 4.04. The summed E-state index contributed by atoms with van der Waals surface area (Å²) in [5.41, 5.74) is 1.84. The van der Waals surface area contributed by atoms with Gasteiger partial charge in [-0.1, -0.05) is 5.16 Å². The molecule has 122 valence electrons. The zero-order valence-electron chi connectivity index (χ0n) is 13.5. The lowest BCUT2D eigenvalue weighted by Gasteiger charge is -2.10. The van der Waals surface area contributed by atoms with Gasteiger partial charge < -0.3 is 19.3 Å². The van der Waals surface area contributed by atoms with Crippen LogP contribution in [0.15, 0.2) is 16.7 Å². The highest BCUT2D eigenvalue weighted by Crippen LogP contribution is 2.34. The van der Waals surface area contributed by atoms with E-state index in [0.29, 0.717) is 35.7 Å². The Labute approximate surface area is 136 Å². The number of benzene rings is 1. The van der Waals surface area contributed by atoms with Crippen LogP contribution in [0.2, 0.25) is 0 Å². The fourth-order valence-electron chi connectivity index (χ4n) is 2.03. The van der Waals surface area contributed by atoms with Crippen LogP contribution >= 0.6 is 12.4 Å². The maximum Gasteiger partial charge on any atom is 0.258 e. The number of methoxy groups -OCH3 is 2. The molecule has 0 radical (unpaired) electrons. The number of likely N-dealkylation sites (N-methyl/N-ethyl adjacent to an activating group) is 1. The molecule has 0 aliphatic rings. The van der Waals surface area contributed by atoms with Gasteiger partial charge in [0.05, 0.1) is 14.2 Å². The highest BCUT2D eigenvalue weighted by Gasteiger charge is 2.16. The minimum atomic E-state index is 0. The summed E-state index contributed by atoms with van der Waals surface area (Å²) in [6.07, 6.45) is 0.715. The van der Waals surface area contributed by atoms with E-state index in [2.05, 4.69) is 22.4 Å². The van der Waals surface area contributed by atoms with Gasteiger partial charge in [-0.3, -0.25) is 0 Å². The lowest BCUT2D eigenvalue weighted by atomic mass is 10.1. The van der Waals surface area contributed by atoms with Crippen LogP contribution in [0.4, 0.5) is 0 Å². The van der Waals surface area contributed by atoms with Gasteiger partial charge in [-0.05, 0) is 38.6 Å². The summed E-state index contributed by atoms with van der Waals surface area (Å²) in [5.74, 6) is 2.50. The molecule has 2 rings (SSSR count). The van der Waals surface area contributed by atoms with E-state index < -0.39 is 0 Å². The Balaban J connectivity index is 0.00000242. The number of aryl methyl sites for hydroxylation is 1. The number of halogens is 1. The van der Waals surface area contributed by atoms with Crippen molar-refractivity contribution in [2.75, 3.05) is 21.3 Å². The second-order valence-corrected chi connectivity index (χ2v) is 4.93. The van der Waals surface area contributed by atoms with Gasteiger partial charge in [0.25, 0.3) is 5.89 Å². The van der Waals surface area contributed by atoms with E-state index in [1.165, 1.54) is 0 Å². The van der Waals surface area contributed by atoms with Crippen LogP contribution in [0.25, 0.3) is 11.5 Å². The van der Waals surface area contributed by atoms with Crippen LogP contribution in [0, 0.1) is 6.92 Å². The Bertz CT molecular complexity index is 616. The lowest BCUT2D eigenvalue weighted by Crippen LogP contribution is -2.24. The third-order valence-electron chi connectivity index (χ3n) is 3.41. The zero-order chi connectivity index (χ0) is 15.4. The van der Waals surface area contributed by atoms with Gasteiger partial charge in [0.1, 0.15) is 0 Å². The molecule has 0 aliphatic heterocycles. The third kappa shape index (κ3) is 3.90. The normalized spacial score (nSPS) is 11.7. The summed E-state index contributed by atoms with van der Waals surface area (Å²) in [4.78, 5) is 4.45. The molecular weight excluding hydrogens is 306 g/mol. The molecule has 1 heterocycles. The number of nitrogens with one attached hydrogen (secondary N) is 1. The second kappa shape index (κ2) is 8.00. The van der Waals surface area contributed by atoms with Crippen molar-refractivity contribution in [3.63, 3.8) is 0 Å². The highest BCUT2D eigenvalue weighted by atomic mass is 35.5. The number of nitrogens with zero attached hydrogens (tertiary/aromatic N) is 2. The van der Waals surface area contributed by atoms with Gasteiger partial charge in [-0.25, -0.2) is 0 Å². The van der Waals surface area contributed by atoms with Crippen LogP contribution in [-0.2, 0) is 6.42 Å². The first-order valence-corrected chi connectivity index (χ1v) is 6.81. The topological polar surface area (TPSA) is 69.4 Å². The number of hydrogen-bond donors (Lipinski definition) is 1. The Morgan fingerprint density at radius 2 is 1.86 bits per heavy atom. The Kier molecular flexibility index (Phi) is 6.64. The molecule has 0 spiro atoms. The second-order valence-electron chi connectivity index (χ2n) is 4.93. The number of ether oxygens (including phenoxy) is 2. The van der Waals surface area contributed by atoms with Gasteiger partial charge in [-0.2, -0.15) is 4.98 Å². The van der Waals surface area contributed by atoms with Crippen LogP contribution in [0.3, 0.4) is 0 Å². The van der Waals surface area contributed by atoms with E-state index in [0.717, 1.165) is 11.1 Å². The van der Waals surface area contributed by atoms with E-state index in [1.807, 2.05) is 26.1 Å². The molecule has 1 N–H and O–H groups in total. The minimum absolute atomic E-state index is 0. The van der Waals surface area contributed by atoms with Crippen LogP contribution in [-0.4, -0.2) is 37.4 Å². The van der Waals surface area contributed by atoms with Crippen LogP contribution in [0.1, 0.15) is 18.3 Å². The smallest absolute Gasteiger partial charge is 0.258 e. The molecule has 1 aromatic heterocycles. The number of rotatable bonds is 6. The molecule has 1 aromatic carbocycles. The first-order valence-electron chi connectivity index (χ1n) is 6.81. The molecule has 2 aromatic rings. The van der Waals surface area contributed by atoms with Gasteiger partial charge in [0.2, 0.25) is 0 Å². The van der Waals surface area contributed by atoms with E-state index in [9.17, 15) is 0 Å². The first-order chi connectivity index (χ1) is 10.1. The zero-order valence-corrected chi connectivity index (χ0v) is 14.3. The van der Waals surface area contributed by atoms with Crippen molar-refractivity contribution in [1.82, 2.24) is 15.5 Å². The third-order valence-corrected chi connectivity index (χ3v) is 3.41. The van der Waals surface area contributed by atoms with Crippen molar-refractivity contribution in [3.05, 3.63) is 23.5 Å². The molecule has 0 bridgehead atoms. The SMILES string of the molecule is CNC(C)Cc1noc(-c2cc(OC)c(OC)cc2C)n1.Cl. The van der Waals surface area contributed by atoms with E-state index >= 15 is 0 Å². The van der Waals surface area contributed by atoms with E-state index in [-0.39, 0.29) is 12.4 Å². The number of aromatic nitrogens is 2. The maximum atomic E-state index is 5.36. The van der Waals surface area contributed by atoms with Gasteiger partial charge >= 0.3 is 0 Å². The van der Waals surface area contributed by atoms with Gasteiger partial charge in [-0.15, -0.1) is 12.4 Å². The average Bonchev–Trinajstić information content (AvgIpc) is 2.94. The molecule has 7 heteroatoms. The predicted molar refractivity (Wildman–Crippen MR) is 87.0 cm³/mol. The summed E-state index contributed by atoms with van der Waals surface area (Å²) < 4.78 is 16.0. The maximum absolute atomic E-state index is 5.36. The van der Waals surface area contributed by atoms with Crippen LogP contribution in [0.5, 0.6) is 11.5 Å². The van der Waals surface area contributed by atoms with Crippen molar-refractivity contribution >= 4 is 12.4 Å². The standard InChI is InChI=1S/C15H21N3O3.ClH/c1-9-6-12(19-4)13(20-5)8-11(9)15-17-14(18-21-15)7-10(2)16-3;/h6,8,10,16H,7H2,1-5H3;1H. The first kappa shape index (κ1) is 18.3. The molecule has 0 saturated heterocycles. The largest absolute Gasteiger partial charge is 0.493 e. The molecular formula is C15H22ClN3O3. The molecule has 6 nitrogen and oxygen atoms in total. The van der Waals surface area contributed by atoms with Crippen molar-refractivity contribution in [3.8, 4) is 23.0 Å². The van der Waals surface area contributed by atoms with Crippen molar-refractivity contribution in [2.45, 2.75) is 26.3 Å². The van der Waals surface area contributed by atoms with Gasteiger partial charge in [0, 0.05) is 18.0 Å². The summed E-state index contributed by atoms with van der Waals surface area (Å²) in [5, 5.41) is 7.17. The fourth-order valence-corrected chi connectivity index (χ4v) is 2.03. The van der Waals surface area contributed by atoms with Crippen molar-refractivity contribution in [2.24, 2.45) is 0 Å². The molecule has 0 amide bonds. The average molecular weight is 328 g/mol. The molecule has 0 aliphatic carbocycles. The molecule has 0 fully saturated rings. The van der Waals surface area contributed by atoms with Gasteiger partial charge in [0.15, 0.2) is 17.3 Å². The molecule has 0 saturated carbocycles. The summed E-state index contributed by atoms with van der Waals surface area (Å²) in [7, 11) is 5.12. The minimum Gasteiger partial charge on any atom is -0.493 e. The number of hydrogen-bond acceptors (Lipinski definition) is 6. The Morgan fingerprint density at radius 1 is 1.23 bits per heavy atom. The molecule has 1 unspecified atom stereocenters. The summed E-state index contributed by atoms with van der Waals surface area (Å²) >= 11 is 0. The predicted octanol–water partition coefficient (Wildman–Crippen LogP) is 2.63. The van der Waals surface area contributed by atoms with Crippen LogP contribution < -0.4 is 14.8 Å².